The zero-order valence-corrected chi connectivity index (χ0v) is 32.0. The third kappa shape index (κ3) is 6.15. The van der Waals surface area contributed by atoms with E-state index in [4.69, 9.17) is 13.8 Å². The molecule has 0 saturated heterocycles. The molecule has 2 aliphatic heterocycles. The van der Waals surface area contributed by atoms with E-state index in [-0.39, 0.29) is 12.1 Å². The predicted octanol–water partition coefficient (Wildman–Crippen LogP) is 9.98. The first-order valence-electron chi connectivity index (χ1n) is 19.4. The van der Waals surface area contributed by atoms with E-state index >= 15 is 0 Å². The number of hydrogen-bond acceptors (Lipinski definition) is 4. The van der Waals surface area contributed by atoms with Gasteiger partial charge in [-0.25, -0.2) is 9.78 Å². The van der Waals surface area contributed by atoms with Gasteiger partial charge in [0.15, 0.2) is 0 Å². The van der Waals surface area contributed by atoms with E-state index in [9.17, 15) is 9.59 Å². The maximum atomic E-state index is 14.3. The number of carbonyl (C=O) groups is 2. The van der Waals surface area contributed by atoms with Crippen LogP contribution in [0.15, 0.2) is 60.7 Å². The predicted molar refractivity (Wildman–Crippen MR) is 205 cm³/mol. The van der Waals surface area contributed by atoms with E-state index in [0.717, 1.165) is 43.8 Å². The molecule has 1 aromatic heterocycles. The van der Waals surface area contributed by atoms with Crippen molar-refractivity contribution in [1.82, 2.24) is 19.8 Å². The molecular formula is C42H52N4O3Si. The second kappa shape index (κ2) is 13.1. The summed E-state index contributed by atoms with van der Waals surface area (Å²) >= 11 is 0. The summed E-state index contributed by atoms with van der Waals surface area (Å²) in [6, 6.07) is 18.4. The van der Waals surface area contributed by atoms with E-state index in [2.05, 4.69) is 69.0 Å². The van der Waals surface area contributed by atoms with Crippen molar-refractivity contribution < 1.29 is 18.4 Å². The van der Waals surface area contributed by atoms with E-state index in [1.807, 2.05) is 76.2 Å². The highest BCUT2D eigenvalue weighted by atomic mass is 28.3. The molecule has 50 heavy (non-hydrogen) atoms. The zero-order chi connectivity index (χ0) is 38.8. The van der Waals surface area contributed by atoms with Crippen LogP contribution in [0, 0.1) is 11.5 Å². The molecule has 3 atom stereocenters. The van der Waals surface area contributed by atoms with Crippen LogP contribution in [0.1, 0.15) is 131 Å². The number of benzene rings is 3. The molecule has 7 nitrogen and oxygen atoms in total. The topological polar surface area (TPSA) is 76.5 Å². The summed E-state index contributed by atoms with van der Waals surface area (Å²) in [5.41, 5.74) is 11.0. The number of aromatic nitrogens is 2. The molecule has 3 heterocycles. The van der Waals surface area contributed by atoms with Crippen molar-refractivity contribution in [2.75, 3.05) is 6.98 Å². The maximum Gasteiger partial charge on any atom is 0.408 e. The van der Waals surface area contributed by atoms with Gasteiger partial charge < -0.3 is 19.5 Å². The Morgan fingerprint density at radius 1 is 0.960 bits per heavy atom. The molecule has 0 fully saturated rings. The van der Waals surface area contributed by atoms with Crippen LogP contribution in [0.25, 0.3) is 22.2 Å². The Morgan fingerprint density at radius 3 is 2.24 bits per heavy atom. The van der Waals surface area contributed by atoms with Crippen molar-refractivity contribution in [2.24, 2.45) is 0 Å². The number of carbonyl (C=O) groups excluding carboxylic acids is 2. The summed E-state index contributed by atoms with van der Waals surface area (Å²) in [5, 5.41) is 2.90. The van der Waals surface area contributed by atoms with Crippen molar-refractivity contribution in [3.63, 3.8) is 0 Å². The molecule has 2 bridgehead atoms. The number of fused-ring (bicyclic) bond motifs is 9. The molecule has 262 valence electrons. The highest BCUT2D eigenvalue weighted by molar-refractivity contribution is 6.90. The van der Waals surface area contributed by atoms with Crippen LogP contribution in [-0.2, 0) is 4.74 Å². The molecule has 0 saturated carbocycles. The normalized spacial score (nSPS) is 18.9. The summed E-state index contributed by atoms with van der Waals surface area (Å²) in [7, 11) is -2.12. The first-order chi connectivity index (χ1) is 24.7. The lowest BCUT2D eigenvalue weighted by Gasteiger charge is -2.38. The smallest absolute Gasteiger partial charge is 0.408 e. The Bertz CT molecular complexity index is 2100. The molecule has 8 heteroatoms. The lowest BCUT2D eigenvalue weighted by molar-refractivity contribution is 0.0507. The highest BCUT2D eigenvalue weighted by Gasteiger charge is 2.45. The van der Waals surface area contributed by atoms with Gasteiger partial charge in [0.1, 0.15) is 19.5 Å². The van der Waals surface area contributed by atoms with Gasteiger partial charge in [-0.3, -0.25) is 4.79 Å². The largest absolute Gasteiger partial charge is 0.444 e. The number of imidazole rings is 1. The van der Waals surface area contributed by atoms with Crippen LogP contribution in [0.2, 0.25) is 16.6 Å². The molecule has 6 rings (SSSR count). The number of alkyl carbamates (subject to hydrolysis) is 1. The van der Waals surface area contributed by atoms with E-state index in [0.29, 0.717) is 34.4 Å². The molecule has 3 aromatic carbocycles. The summed E-state index contributed by atoms with van der Waals surface area (Å²) < 4.78 is 33.1. The van der Waals surface area contributed by atoms with Crippen molar-refractivity contribution in [2.45, 2.75) is 116 Å². The Morgan fingerprint density at radius 2 is 1.62 bits per heavy atom. The molecule has 2 amide bonds. The molecule has 2 aliphatic rings. The monoisotopic (exact) mass is 691 g/mol. The fourth-order valence-corrected chi connectivity index (χ4v) is 13.6. The van der Waals surface area contributed by atoms with Crippen LogP contribution in [0.4, 0.5) is 4.79 Å². The average molecular weight is 692 g/mol. The molecular weight excluding hydrogens is 637 g/mol. The second-order valence-electron chi connectivity index (χ2n) is 15.9. The Balaban J connectivity index is 1.46. The Kier molecular flexibility index (Phi) is 8.27. The van der Waals surface area contributed by atoms with Crippen LogP contribution < -0.4 is 5.32 Å². The third-order valence-corrected chi connectivity index (χ3v) is 17.0. The van der Waals surface area contributed by atoms with Crippen LogP contribution in [-0.4, -0.2) is 47.1 Å². The molecule has 0 aliphatic carbocycles. The molecule has 0 radical (unpaired) electrons. The van der Waals surface area contributed by atoms with Gasteiger partial charge in [-0.2, -0.15) is 0 Å². The van der Waals surface area contributed by atoms with Gasteiger partial charge in [0.05, 0.1) is 29.2 Å². The van der Waals surface area contributed by atoms with Gasteiger partial charge in [0.2, 0.25) is 0 Å². The summed E-state index contributed by atoms with van der Waals surface area (Å²) in [6.45, 7) is 18.4. The quantitative estimate of drug-likeness (QED) is 0.161. The zero-order valence-electron chi connectivity index (χ0n) is 34.0. The third-order valence-electron chi connectivity index (χ3n) is 10.7. The molecule has 1 N–H and O–H groups in total. The minimum absolute atomic E-state index is 0.251. The number of amides is 2. The fourth-order valence-electron chi connectivity index (χ4n) is 8.38. The standard InChI is InChI=1S/C42H52N4O3Si/c1-25(2)50(26(3)4,27(5)6)22-21-31-13-12-14-33-38(31)36-24-37(45(11)40(33)47)39-44-34-20-19-32(23-35(34)46(36)39)30-17-15-29(16-18-30)28(7)43-41(48)49-42(8,9)10/h12-20,23,25-28,36-37H,24H2,1-11H3,(H,43,48)/t28?,36-,37-/m1/s1/i11D3. The summed E-state index contributed by atoms with van der Waals surface area (Å²) in [5.74, 6) is 3.69. The number of nitrogens with zero attached hydrogens (tertiary/aromatic N) is 3. The first kappa shape index (κ1) is 31.6. The fraction of sp³-hybridized carbons (Fsp3) is 0.452. The number of hydrogen-bond donors (Lipinski definition) is 1. The molecule has 0 spiro atoms. The van der Waals surface area contributed by atoms with Crippen molar-refractivity contribution in [3.8, 4) is 22.6 Å². The minimum atomic E-state index is -2.67. The molecule has 4 aromatic rings. The average Bonchev–Trinajstić information content (AvgIpc) is 3.55. The SMILES string of the molecule is [2H]C([2H])([2H])N1C(=O)c2cccc(C#C[Si](C(C)C)(C(C)C)C(C)C)c2[C@H]2C[C@@H]1c1nc3ccc(-c4ccc(C(C)NC(=O)OC(C)(C)C)cc4)cc3n12. The number of ether oxygens (including phenoxy) is 1. The summed E-state index contributed by atoms with van der Waals surface area (Å²) in [4.78, 5) is 32.7. The van der Waals surface area contributed by atoms with Crippen molar-refractivity contribution in [3.05, 3.63) is 88.7 Å². The Labute approximate surface area is 303 Å². The Hall–Kier alpha value is -4.35. The number of nitrogens with one attached hydrogen (secondary N) is 1. The van der Waals surface area contributed by atoms with Crippen LogP contribution in [0.3, 0.4) is 0 Å². The lowest BCUT2D eigenvalue weighted by atomic mass is 9.93. The second-order valence-corrected chi connectivity index (χ2v) is 21.5. The van der Waals surface area contributed by atoms with Gasteiger partial charge in [0, 0.05) is 34.2 Å². The van der Waals surface area contributed by atoms with Crippen LogP contribution in [0.5, 0.6) is 0 Å². The van der Waals surface area contributed by atoms with Gasteiger partial charge >= 0.3 is 6.09 Å². The van der Waals surface area contributed by atoms with Gasteiger partial charge in [0.25, 0.3) is 5.91 Å². The van der Waals surface area contributed by atoms with Gasteiger partial charge in [-0.1, -0.05) is 83.9 Å². The van der Waals surface area contributed by atoms with E-state index < -0.39 is 38.7 Å². The molecule has 1 unspecified atom stereocenters. The van der Waals surface area contributed by atoms with Crippen molar-refractivity contribution in [1.29, 1.82) is 0 Å². The van der Waals surface area contributed by atoms with Gasteiger partial charge in [-0.15, -0.1) is 5.54 Å². The lowest BCUT2D eigenvalue weighted by Crippen LogP contribution is -2.43. The highest BCUT2D eigenvalue weighted by Crippen LogP contribution is 2.49. The van der Waals surface area contributed by atoms with E-state index in [1.165, 1.54) is 0 Å². The van der Waals surface area contributed by atoms with Crippen molar-refractivity contribution >= 4 is 31.1 Å². The minimum Gasteiger partial charge on any atom is -0.444 e. The van der Waals surface area contributed by atoms with E-state index in [1.54, 1.807) is 6.07 Å². The van der Waals surface area contributed by atoms with Crippen LogP contribution >= 0.6 is 0 Å². The van der Waals surface area contributed by atoms with Gasteiger partial charge in [-0.05, 0) is 85.3 Å². The summed E-state index contributed by atoms with van der Waals surface area (Å²) in [6.07, 6.45) is -0.0674. The first-order valence-corrected chi connectivity index (χ1v) is 20.1. The number of rotatable bonds is 6. The maximum absolute atomic E-state index is 14.3.